The molecule has 0 aromatic rings. The van der Waals surface area contributed by atoms with Crippen LogP contribution in [-0.2, 0) is 4.79 Å². The zero-order valence-electron chi connectivity index (χ0n) is 12.2. The third-order valence-electron chi connectivity index (χ3n) is 4.01. The molecular weight excluding hydrogens is 226 g/mol. The topological polar surface area (TPSA) is 49.6 Å². The van der Waals surface area contributed by atoms with Crippen molar-refractivity contribution in [1.82, 2.24) is 9.80 Å². The Hall–Kier alpha value is -0.610. The van der Waals surface area contributed by atoms with Crippen LogP contribution >= 0.6 is 0 Å². The van der Waals surface area contributed by atoms with Gasteiger partial charge in [-0.25, -0.2) is 0 Å². The van der Waals surface area contributed by atoms with E-state index < -0.39 is 0 Å². The Labute approximate surface area is 111 Å². The van der Waals surface area contributed by atoms with Gasteiger partial charge in [-0.05, 0) is 53.1 Å². The molecule has 0 spiro atoms. The molecule has 0 aliphatic carbocycles. The van der Waals surface area contributed by atoms with Crippen LogP contribution in [-0.4, -0.2) is 54.0 Å². The van der Waals surface area contributed by atoms with Crippen molar-refractivity contribution in [3.05, 3.63) is 0 Å². The molecule has 0 aromatic carbocycles. The summed E-state index contributed by atoms with van der Waals surface area (Å²) in [7, 11) is 0. The van der Waals surface area contributed by atoms with Crippen molar-refractivity contribution in [3.8, 4) is 0 Å². The summed E-state index contributed by atoms with van der Waals surface area (Å²) in [6.45, 7) is 10.1. The lowest BCUT2D eigenvalue weighted by molar-refractivity contribution is -0.131. The van der Waals surface area contributed by atoms with E-state index in [-0.39, 0.29) is 0 Å². The Kier molecular flexibility index (Phi) is 6.65. The van der Waals surface area contributed by atoms with Crippen LogP contribution in [0.5, 0.6) is 0 Å². The van der Waals surface area contributed by atoms with Gasteiger partial charge in [0.1, 0.15) is 0 Å². The summed E-state index contributed by atoms with van der Waals surface area (Å²) in [4.78, 5) is 16.3. The summed E-state index contributed by atoms with van der Waals surface area (Å²) < 4.78 is 0. The Bertz CT molecular complexity index is 253. The molecule has 2 atom stereocenters. The monoisotopic (exact) mass is 255 g/mol. The lowest BCUT2D eigenvalue weighted by atomic mass is 9.99. The number of amides is 1. The Morgan fingerprint density at radius 2 is 2.06 bits per heavy atom. The van der Waals surface area contributed by atoms with Crippen LogP contribution in [0.2, 0.25) is 0 Å². The van der Waals surface area contributed by atoms with Crippen LogP contribution in [0.1, 0.15) is 46.5 Å². The zero-order chi connectivity index (χ0) is 13.5. The second kappa shape index (κ2) is 7.74. The predicted molar refractivity (Wildman–Crippen MR) is 75.4 cm³/mol. The van der Waals surface area contributed by atoms with Gasteiger partial charge in [-0.2, -0.15) is 0 Å². The van der Waals surface area contributed by atoms with Gasteiger partial charge in [-0.3, -0.25) is 4.79 Å². The van der Waals surface area contributed by atoms with Crippen molar-refractivity contribution < 1.29 is 4.79 Å². The highest BCUT2D eigenvalue weighted by molar-refractivity contribution is 5.76. The minimum Gasteiger partial charge on any atom is -0.343 e. The second-order valence-corrected chi connectivity index (χ2v) is 5.34. The molecule has 0 saturated carbocycles. The average Bonchev–Trinajstić information content (AvgIpc) is 2.33. The normalized spacial score (nSPS) is 25.1. The number of rotatable bonds is 6. The van der Waals surface area contributed by atoms with Gasteiger partial charge >= 0.3 is 0 Å². The first kappa shape index (κ1) is 15.4. The van der Waals surface area contributed by atoms with Crippen LogP contribution in [0, 0.1) is 0 Å². The minimum absolute atomic E-state index is 0.293. The Morgan fingerprint density at radius 3 is 2.61 bits per heavy atom. The van der Waals surface area contributed by atoms with Crippen molar-refractivity contribution in [3.63, 3.8) is 0 Å². The van der Waals surface area contributed by atoms with E-state index in [0.717, 1.165) is 45.4 Å². The van der Waals surface area contributed by atoms with Crippen molar-refractivity contribution in [1.29, 1.82) is 0 Å². The van der Waals surface area contributed by atoms with Crippen molar-refractivity contribution >= 4 is 5.91 Å². The molecule has 106 valence electrons. The van der Waals surface area contributed by atoms with Gasteiger partial charge in [0.2, 0.25) is 5.91 Å². The molecule has 1 fully saturated rings. The third-order valence-corrected chi connectivity index (χ3v) is 4.01. The predicted octanol–water partition coefficient (Wildman–Crippen LogP) is 1.45. The number of carbonyl (C=O) groups excluding carboxylic acids is 1. The first-order valence-electron chi connectivity index (χ1n) is 7.35. The molecule has 2 unspecified atom stereocenters. The molecule has 1 rings (SSSR count). The summed E-state index contributed by atoms with van der Waals surface area (Å²) in [6.07, 6.45) is 3.82. The third kappa shape index (κ3) is 4.58. The summed E-state index contributed by atoms with van der Waals surface area (Å²) >= 11 is 0. The summed E-state index contributed by atoms with van der Waals surface area (Å²) in [5.74, 6) is 0.293. The maximum Gasteiger partial charge on any atom is 0.222 e. The molecule has 1 heterocycles. The molecule has 0 radical (unpaired) electrons. The van der Waals surface area contributed by atoms with Crippen LogP contribution in [0.3, 0.4) is 0 Å². The quantitative estimate of drug-likeness (QED) is 0.781. The number of hydrogen-bond acceptors (Lipinski definition) is 3. The molecule has 18 heavy (non-hydrogen) atoms. The Balaban J connectivity index is 2.23. The lowest BCUT2D eigenvalue weighted by Gasteiger charge is -2.36. The SMILES string of the molecule is CCN(CC)C(=O)CCCN1CCC(N)CC1C. The smallest absolute Gasteiger partial charge is 0.222 e. The molecule has 1 aliphatic heterocycles. The number of hydrogen-bond donors (Lipinski definition) is 1. The van der Waals surface area contributed by atoms with Gasteiger partial charge in [0, 0.05) is 31.6 Å². The Morgan fingerprint density at radius 1 is 1.39 bits per heavy atom. The molecule has 4 heteroatoms. The van der Waals surface area contributed by atoms with Gasteiger partial charge in [0.25, 0.3) is 0 Å². The molecule has 1 saturated heterocycles. The highest BCUT2D eigenvalue weighted by Gasteiger charge is 2.22. The van der Waals surface area contributed by atoms with E-state index in [1.54, 1.807) is 0 Å². The summed E-state index contributed by atoms with van der Waals surface area (Å²) in [5, 5.41) is 0. The van der Waals surface area contributed by atoms with Crippen LogP contribution in [0.4, 0.5) is 0 Å². The number of nitrogens with zero attached hydrogens (tertiary/aromatic N) is 2. The highest BCUT2D eigenvalue weighted by atomic mass is 16.2. The van der Waals surface area contributed by atoms with Gasteiger partial charge in [-0.15, -0.1) is 0 Å². The van der Waals surface area contributed by atoms with E-state index in [1.807, 2.05) is 18.7 Å². The summed E-state index contributed by atoms with van der Waals surface area (Å²) in [5.41, 5.74) is 5.95. The summed E-state index contributed by atoms with van der Waals surface area (Å²) in [6, 6.07) is 0.936. The maximum absolute atomic E-state index is 11.9. The van der Waals surface area contributed by atoms with E-state index in [4.69, 9.17) is 5.73 Å². The molecule has 4 nitrogen and oxygen atoms in total. The molecule has 0 bridgehead atoms. The van der Waals surface area contributed by atoms with Gasteiger partial charge in [-0.1, -0.05) is 0 Å². The number of piperidine rings is 1. The lowest BCUT2D eigenvalue weighted by Crippen LogP contribution is -2.46. The average molecular weight is 255 g/mol. The molecule has 1 amide bonds. The van der Waals surface area contributed by atoms with Gasteiger partial charge in [0.05, 0.1) is 0 Å². The van der Waals surface area contributed by atoms with Gasteiger partial charge in [0.15, 0.2) is 0 Å². The largest absolute Gasteiger partial charge is 0.343 e. The van der Waals surface area contributed by atoms with Crippen molar-refractivity contribution in [2.24, 2.45) is 5.73 Å². The minimum atomic E-state index is 0.293. The van der Waals surface area contributed by atoms with E-state index in [0.29, 0.717) is 24.4 Å². The van der Waals surface area contributed by atoms with E-state index in [2.05, 4.69) is 11.8 Å². The van der Waals surface area contributed by atoms with E-state index in [9.17, 15) is 4.79 Å². The van der Waals surface area contributed by atoms with Gasteiger partial charge < -0.3 is 15.5 Å². The molecule has 1 aliphatic rings. The fraction of sp³-hybridized carbons (Fsp3) is 0.929. The highest BCUT2D eigenvalue weighted by Crippen LogP contribution is 2.16. The first-order valence-corrected chi connectivity index (χ1v) is 7.35. The molecular formula is C14H29N3O. The van der Waals surface area contributed by atoms with Crippen LogP contribution in [0.15, 0.2) is 0 Å². The van der Waals surface area contributed by atoms with Crippen molar-refractivity contribution in [2.45, 2.75) is 58.5 Å². The van der Waals surface area contributed by atoms with Crippen LogP contribution in [0.25, 0.3) is 0 Å². The maximum atomic E-state index is 11.9. The number of nitrogens with two attached hydrogens (primary N) is 1. The first-order chi connectivity index (χ1) is 8.58. The zero-order valence-corrected chi connectivity index (χ0v) is 12.2. The second-order valence-electron chi connectivity index (χ2n) is 5.34. The fourth-order valence-electron chi connectivity index (χ4n) is 2.76. The van der Waals surface area contributed by atoms with Crippen molar-refractivity contribution in [2.75, 3.05) is 26.2 Å². The van der Waals surface area contributed by atoms with Crippen LogP contribution < -0.4 is 5.73 Å². The van der Waals surface area contributed by atoms with E-state index >= 15 is 0 Å². The van der Waals surface area contributed by atoms with E-state index in [1.165, 1.54) is 0 Å². The standard InChI is InChI=1S/C14H29N3O/c1-4-16(5-2)14(18)7-6-9-17-10-8-13(15)11-12(17)3/h12-13H,4-11,15H2,1-3H3. The number of likely N-dealkylation sites (tertiary alicyclic amines) is 1. The number of carbonyl (C=O) groups is 1. The molecule has 2 N–H and O–H groups in total. The fourth-order valence-corrected chi connectivity index (χ4v) is 2.76. The molecule has 0 aromatic heterocycles.